The van der Waals surface area contributed by atoms with Crippen LogP contribution in [0.3, 0.4) is 0 Å². The van der Waals surface area contributed by atoms with E-state index in [1.165, 1.54) is 35.2 Å². The second kappa shape index (κ2) is 10.6. The van der Waals surface area contributed by atoms with Gasteiger partial charge in [0.2, 0.25) is 5.91 Å². The third-order valence-electron chi connectivity index (χ3n) is 4.55. The number of benzene rings is 2. The van der Waals surface area contributed by atoms with Gasteiger partial charge in [-0.2, -0.15) is 0 Å². The van der Waals surface area contributed by atoms with Crippen molar-refractivity contribution >= 4 is 51.4 Å². The zero-order valence-corrected chi connectivity index (χ0v) is 20.1. The lowest BCUT2D eigenvalue weighted by atomic mass is 10.1. The van der Waals surface area contributed by atoms with E-state index in [1.54, 1.807) is 41.3 Å². The van der Waals surface area contributed by atoms with E-state index in [-0.39, 0.29) is 24.0 Å². The first-order chi connectivity index (χ1) is 16.4. The number of ether oxygens (including phenoxy) is 1. The summed E-state index contributed by atoms with van der Waals surface area (Å²) in [5.41, 5.74) is 1.13. The van der Waals surface area contributed by atoms with Gasteiger partial charge in [0.15, 0.2) is 16.1 Å². The van der Waals surface area contributed by atoms with Gasteiger partial charge in [-0.25, -0.2) is 4.98 Å². The first kappa shape index (κ1) is 23.7. The normalized spacial score (nSPS) is 10.8. The van der Waals surface area contributed by atoms with Crippen molar-refractivity contribution in [1.29, 1.82) is 0 Å². The molecule has 0 spiro atoms. The van der Waals surface area contributed by atoms with Gasteiger partial charge in [-0.1, -0.05) is 47.6 Å². The first-order valence-corrected chi connectivity index (χ1v) is 12.0. The summed E-state index contributed by atoms with van der Waals surface area (Å²) < 4.78 is 7.44. The summed E-state index contributed by atoms with van der Waals surface area (Å²) in [5.74, 6) is 0.975. The molecule has 0 aliphatic rings. The Hall–Kier alpha value is -3.48. The first-order valence-electron chi connectivity index (χ1n) is 9.79. The van der Waals surface area contributed by atoms with E-state index in [0.29, 0.717) is 38.1 Å². The molecular weight excluding hydrogens is 500 g/mol. The van der Waals surface area contributed by atoms with Crippen LogP contribution in [0.2, 0.25) is 5.02 Å². The van der Waals surface area contributed by atoms with Crippen molar-refractivity contribution in [3.8, 4) is 17.0 Å². The van der Waals surface area contributed by atoms with Gasteiger partial charge in [0.05, 0.1) is 21.4 Å². The van der Waals surface area contributed by atoms with Crippen molar-refractivity contribution in [3.05, 3.63) is 74.9 Å². The average Bonchev–Trinajstić information content (AvgIpc) is 3.44. The van der Waals surface area contributed by atoms with Crippen LogP contribution < -0.4 is 10.1 Å². The van der Waals surface area contributed by atoms with Gasteiger partial charge in [0.1, 0.15) is 12.4 Å². The van der Waals surface area contributed by atoms with Crippen LogP contribution in [0.1, 0.15) is 5.82 Å². The van der Waals surface area contributed by atoms with E-state index >= 15 is 0 Å². The van der Waals surface area contributed by atoms with Crippen molar-refractivity contribution in [2.24, 2.45) is 7.05 Å². The standard InChI is InChI=1S/C21H17ClN6O4S2/c1-27-18(10-32-17-8-3-2-7-15(17)22)25-26-21(27)34-12-19(29)24-20-23-16(11-33-20)13-5-4-6-14(9-13)28(30)31/h2-9,11H,10,12H2,1H3,(H,23,24,29). The number of thioether (sulfide) groups is 1. The van der Waals surface area contributed by atoms with E-state index in [2.05, 4.69) is 20.5 Å². The fourth-order valence-corrected chi connectivity index (χ4v) is 4.48. The van der Waals surface area contributed by atoms with E-state index in [9.17, 15) is 14.9 Å². The monoisotopic (exact) mass is 516 g/mol. The fraction of sp³-hybridized carbons (Fsp3) is 0.143. The number of para-hydroxylation sites is 1. The minimum atomic E-state index is -0.462. The van der Waals surface area contributed by atoms with Crippen LogP contribution in [0.15, 0.2) is 59.1 Å². The number of nitrogens with zero attached hydrogens (tertiary/aromatic N) is 5. The second-order valence-corrected chi connectivity index (χ2v) is 9.07. The van der Waals surface area contributed by atoms with Crippen LogP contribution in [0, 0.1) is 10.1 Å². The van der Waals surface area contributed by atoms with Crippen LogP contribution in [0.5, 0.6) is 5.75 Å². The quantitative estimate of drug-likeness (QED) is 0.191. The molecule has 13 heteroatoms. The van der Waals surface area contributed by atoms with Gasteiger partial charge in [0.25, 0.3) is 5.69 Å². The van der Waals surface area contributed by atoms with Crippen molar-refractivity contribution in [2.45, 2.75) is 11.8 Å². The highest BCUT2D eigenvalue weighted by atomic mass is 35.5. The van der Waals surface area contributed by atoms with Gasteiger partial charge >= 0.3 is 0 Å². The minimum absolute atomic E-state index is 0.0206. The van der Waals surface area contributed by atoms with E-state index in [0.717, 1.165) is 0 Å². The lowest BCUT2D eigenvalue weighted by molar-refractivity contribution is -0.384. The molecule has 2 aromatic heterocycles. The molecule has 2 heterocycles. The summed E-state index contributed by atoms with van der Waals surface area (Å²) in [6.07, 6.45) is 0. The highest BCUT2D eigenvalue weighted by molar-refractivity contribution is 7.99. The number of nitrogens with one attached hydrogen (secondary N) is 1. The van der Waals surface area contributed by atoms with Gasteiger partial charge in [-0.15, -0.1) is 21.5 Å². The van der Waals surface area contributed by atoms with E-state index < -0.39 is 4.92 Å². The molecule has 34 heavy (non-hydrogen) atoms. The Labute approximate surface area is 207 Å². The maximum absolute atomic E-state index is 12.4. The molecule has 0 radical (unpaired) electrons. The molecule has 0 fully saturated rings. The fourth-order valence-electron chi connectivity index (χ4n) is 2.83. The molecule has 1 N–H and O–H groups in total. The number of thiazole rings is 1. The SMILES string of the molecule is Cn1c(COc2ccccc2Cl)nnc1SCC(=O)Nc1nc(-c2cccc([N+](=O)[O-])c2)cs1. The molecule has 4 rings (SSSR count). The predicted octanol–water partition coefficient (Wildman–Crippen LogP) is 4.81. The third-order valence-corrected chi connectivity index (χ3v) is 6.64. The Bertz CT molecular complexity index is 1340. The van der Waals surface area contributed by atoms with Gasteiger partial charge in [0, 0.05) is 30.1 Å². The number of nitro groups is 1. The van der Waals surface area contributed by atoms with Gasteiger partial charge < -0.3 is 14.6 Å². The van der Waals surface area contributed by atoms with Crippen LogP contribution >= 0.6 is 34.7 Å². The molecule has 174 valence electrons. The summed E-state index contributed by atoms with van der Waals surface area (Å²) in [5, 5.41) is 25.1. The number of carbonyl (C=O) groups excluding carboxylic acids is 1. The number of halogens is 1. The number of carbonyl (C=O) groups is 1. The number of rotatable bonds is 9. The Kier molecular flexibility index (Phi) is 7.40. The molecule has 0 unspecified atom stereocenters. The molecule has 0 saturated carbocycles. The maximum Gasteiger partial charge on any atom is 0.270 e. The molecular formula is C21H17ClN6O4S2. The molecule has 0 bridgehead atoms. The van der Waals surface area contributed by atoms with Crippen molar-refractivity contribution in [3.63, 3.8) is 0 Å². The summed E-state index contributed by atoms with van der Waals surface area (Å²) in [7, 11) is 1.79. The van der Waals surface area contributed by atoms with E-state index in [4.69, 9.17) is 16.3 Å². The zero-order valence-electron chi connectivity index (χ0n) is 17.7. The molecule has 10 nitrogen and oxygen atoms in total. The topological polar surface area (TPSA) is 125 Å². The zero-order chi connectivity index (χ0) is 24.1. The maximum atomic E-state index is 12.4. The Balaban J connectivity index is 1.31. The average molecular weight is 517 g/mol. The van der Waals surface area contributed by atoms with Crippen LogP contribution in [0.25, 0.3) is 11.3 Å². The molecule has 4 aromatic rings. The van der Waals surface area contributed by atoms with Crippen LogP contribution in [0.4, 0.5) is 10.8 Å². The lowest BCUT2D eigenvalue weighted by Gasteiger charge is -2.07. The predicted molar refractivity (Wildman–Crippen MR) is 130 cm³/mol. The van der Waals surface area contributed by atoms with Crippen molar-refractivity contribution < 1.29 is 14.5 Å². The molecule has 1 amide bonds. The summed E-state index contributed by atoms with van der Waals surface area (Å²) >= 11 is 8.56. The lowest BCUT2D eigenvalue weighted by Crippen LogP contribution is -2.14. The largest absolute Gasteiger partial charge is 0.484 e. The Morgan fingerprint density at radius 1 is 1.26 bits per heavy atom. The molecule has 0 saturated heterocycles. The Morgan fingerprint density at radius 3 is 2.88 bits per heavy atom. The van der Waals surface area contributed by atoms with Crippen molar-refractivity contribution in [2.75, 3.05) is 11.1 Å². The number of anilines is 1. The summed E-state index contributed by atoms with van der Waals surface area (Å²) in [4.78, 5) is 27.2. The smallest absolute Gasteiger partial charge is 0.270 e. The molecule has 0 aliphatic carbocycles. The number of hydrogen-bond acceptors (Lipinski definition) is 9. The minimum Gasteiger partial charge on any atom is -0.484 e. The Morgan fingerprint density at radius 2 is 2.09 bits per heavy atom. The van der Waals surface area contributed by atoms with Gasteiger partial charge in [-0.3, -0.25) is 14.9 Å². The number of non-ortho nitro benzene ring substituents is 1. The van der Waals surface area contributed by atoms with Crippen LogP contribution in [-0.4, -0.2) is 36.3 Å². The highest BCUT2D eigenvalue weighted by Gasteiger charge is 2.15. The second-order valence-electron chi connectivity index (χ2n) is 6.86. The molecule has 2 aromatic carbocycles. The summed E-state index contributed by atoms with van der Waals surface area (Å²) in [6, 6.07) is 13.3. The number of hydrogen-bond donors (Lipinski definition) is 1. The van der Waals surface area contributed by atoms with Crippen LogP contribution in [-0.2, 0) is 18.4 Å². The summed E-state index contributed by atoms with van der Waals surface area (Å²) in [6.45, 7) is 0.180. The van der Waals surface area contributed by atoms with E-state index in [1.807, 2.05) is 12.1 Å². The van der Waals surface area contributed by atoms with Gasteiger partial charge in [-0.05, 0) is 12.1 Å². The number of amides is 1. The third kappa shape index (κ3) is 5.71. The highest BCUT2D eigenvalue weighted by Crippen LogP contribution is 2.28. The molecule has 0 atom stereocenters. The molecule has 0 aliphatic heterocycles. The van der Waals surface area contributed by atoms with Crippen molar-refractivity contribution in [1.82, 2.24) is 19.7 Å². The number of aromatic nitrogens is 4. The number of nitro benzene ring substituents is 1.